The summed E-state index contributed by atoms with van der Waals surface area (Å²) >= 11 is 0. The summed E-state index contributed by atoms with van der Waals surface area (Å²) < 4.78 is 39.4. The minimum Gasteiger partial charge on any atom is -0.490 e. The Morgan fingerprint density at radius 3 is 2.63 bits per heavy atom. The van der Waals surface area contributed by atoms with Crippen LogP contribution in [-0.4, -0.2) is 71.4 Å². The van der Waals surface area contributed by atoms with Crippen LogP contribution < -0.4 is 31.6 Å². The molecule has 1 fully saturated rings. The van der Waals surface area contributed by atoms with Gasteiger partial charge < -0.3 is 30.7 Å². The van der Waals surface area contributed by atoms with Gasteiger partial charge >= 0.3 is 0 Å². The van der Waals surface area contributed by atoms with Crippen LogP contribution in [0.25, 0.3) is 17.0 Å². The second kappa shape index (κ2) is 15.4. The number of rotatable bonds is 12. The number of carbonyl (C=O) groups excluding carboxylic acids is 1. The van der Waals surface area contributed by atoms with E-state index in [2.05, 4.69) is 37.6 Å². The van der Waals surface area contributed by atoms with Crippen molar-refractivity contribution >= 4 is 40.2 Å². The van der Waals surface area contributed by atoms with Crippen LogP contribution in [0.3, 0.4) is 0 Å². The Balaban J connectivity index is 1.11. The molecule has 6 rings (SSSR count). The van der Waals surface area contributed by atoms with Crippen molar-refractivity contribution in [3.63, 3.8) is 0 Å². The lowest BCUT2D eigenvalue weighted by Gasteiger charge is -2.28. The van der Waals surface area contributed by atoms with E-state index >= 15 is 0 Å². The molecule has 1 amide bonds. The number of morpholine rings is 1. The summed E-state index contributed by atoms with van der Waals surface area (Å²) in [4.78, 5) is 41.2. The van der Waals surface area contributed by atoms with Gasteiger partial charge in [-0.2, -0.15) is 0 Å². The molecule has 1 saturated heterocycles. The molecule has 1 aliphatic rings. The molecule has 0 spiro atoms. The fraction of sp³-hybridized carbons (Fsp3) is 0.229. The first-order valence-electron chi connectivity index (χ1n) is 15.6. The molecule has 0 saturated carbocycles. The third-order valence-electron chi connectivity index (χ3n) is 7.72. The lowest BCUT2D eigenvalue weighted by atomic mass is 10.1. The normalized spacial score (nSPS) is 13.2. The Morgan fingerprint density at radius 1 is 1.04 bits per heavy atom. The average Bonchev–Trinajstić information content (AvgIpc) is 3.12. The van der Waals surface area contributed by atoms with E-state index in [0.717, 1.165) is 71.5 Å². The number of carbonyl (C=O) groups is 1. The van der Waals surface area contributed by atoms with Crippen LogP contribution in [0.2, 0.25) is 0 Å². The van der Waals surface area contributed by atoms with Crippen LogP contribution in [-0.2, 0) is 11.3 Å². The molecule has 252 valence electrons. The summed E-state index contributed by atoms with van der Waals surface area (Å²) in [7, 11) is 0. The summed E-state index contributed by atoms with van der Waals surface area (Å²) in [6, 6.07) is 15.1. The number of benzene rings is 3. The van der Waals surface area contributed by atoms with Crippen LogP contribution in [0.5, 0.6) is 5.75 Å². The Labute approximate surface area is 280 Å². The molecule has 14 heteroatoms. The number of anilines is 3. The van der Waals surface area contributed by atoms with Gasteiger partial charge in [0.15, 0.2) is 11.6 Å². The van der Waals surface area contributed by atoms with E-state index in [0.29, 0.717) is 29.3 Å². The predicted molar refractivity (Wildman–Crippen MR) is 182 cm³/mol. The van der Waals surface area contributed by atoms with Gasteiger partial charge in [-0.3, -0.25) is 14.2 Å². The van der Waals surface area contributed by atoms with Crippen molar-refractivity contribution in [3.8, 4) is 5.75 Å². The molecule has 2 aromatic heterocycles. The SMILES string of the molecule is NCCOc1cc(C=CCNC(=O)c2cncn(Cc3ccc(F)c(F)c3)c2=O)cc2cnc(Nc3ccc(N4CCOCC4)cc3)nc12. The van der Waals surface area contributed by atoms with Crippen molar-refractivity contribution in [1.29, 1.82) is 0 Å². The minimum absolute atomic E-state index is 0.0791. The van der Waals surface area contributed by atoms with Crippen molar-refractivity contribution < 1.29 is 23.0 Å². The van der Waals surface area contributed by atoms with Crippen LogP contribution in [0.15, 0.2) is 84.2 Å². The van der Waals surface area contributed by atoms with E-state index in [-0.39, 0.29) is 25.3 Å². The predicted octanol–water partition coefficient (Wildman–Crippen LogP) is 3.87. The van der Waals surface area contributed by atoms with E-state index in [1.54, 1.807) is 18.3 Å². The highest BCUT2D eigenvalue weighted by molar-refractivity contribution is 5.93. The first kappa shape index (κ1) is 33.2. The number of nitrogens with zero attached hydrogens (tertiary/aromatic N) is 5. The molecule has 12 nitrogen and oxygen atoms in total. The highest BCUT2D eigenvalue weighted by atomic mass is 19.2. The first-order valence-corrected chi connectivity index (χ1v) is 15.6. The highest BCUT2D eigenvalue weighted by Crippen LogP contribution is 2.28. The van der Waals surface area contributed by atoms with Gasteiger partial charge in [0, 0.05) is 55.3 Å². The van der Waals surface area contributed by atoms with E-state index < -0.39 is 23.1 Å². The fourth-order valence-electron chi connectivity index (χ4n) is 5.27. The summed E-state index contributed by atoms with van der Waals surface area (Å²) in [5.41, 5.74) is 8.61. The van der Waals surface area contributed by atoms with Gasteiger partial charge in [-0.1, -0.05) is 18.2 Å². The molecule has 3 aromatic carbocycles. The number of hydrogen-bond donors (Lipinski definition) is 3. The van der Waals surface area contributed by atoms with E-state index in [9.17, 15) is 18.4 Å². The molecule has 0 atom stereocenters. The van der Waals surface area contributed by atoms with Crippen molar-refractivity contribution in [2.24, 2.45) is 5.73 Å². The van der Waals surface area contributed by atoms with Gasteiger partial charge in [0.2, 0.25) is 5.95 Å². The number of ether oxygens (including phenoxy) is 2. The van der Waals surface area contributed by atoms with Crippen LogP contribution >= 0.6 is 0 Å². The third kappa shape index (κ3) is 8.23. The van der Waals surface area contributed by atoms with Gasteiger partial charge in [-0.05, 0) is 59.7 Å². The van der Waals surface area contributed by atoms with E-state index in [4.69, 9.17) is 20.2 Å². The largest absolute Gasteiger partial charge is 0.490 e. The van der Waals surface area contributed by atoms with E-state index in [1.807, 2.05) is 24.3 Å². The Morgan fingerprint density at radius 2 is 1.86 bits per heavy atom. The van der Waals surface area contributed by atoms with Crippen molar-refractivity contribution in [2.45, 2.75) is 6.54 Å². The molecule has 0 aliphatic carbocycles. The number of nitrogens with one attached hydrogen (secondary N) is 2. The lowest BCUT2D eigenvalue weighted by molar-refractivity contribution is 0.0955. The fourth-order valence-corrected chi connectivity index (χ4v) is 5.27. The molecule has 3 heterocycles. The van der Waals surface area contributed by atoms with Crippen molar-refractivity contribution in [3.05, 3.63) is 118 Å². The van der Waals surface area contributed by atoms with Crippen LogP contribution in [0, 0.1) is 11.6 Å². The van der Waals surface area contributed by atoms with Gasteiger partial charge in [-0.15, -0.1) is 0 Å². The number of fused-ring (bicyclic) bond motifs is 1. The first-order chi connectivity index (χ1) is 23.9. The molecule has 49 heavy (non-hydrogen) atoms. The maximum Gasteiger partial charge on any atom is 0.266 e. The average molecular weight is 669 g/mol. The smallest absolute Gasteiger partial charge is 0.266 e. The number of nitrogens with two attached hydrogens (primary N) is 1. The molecule has 1 aliphatic heterocycles. The maximum absolute atomic E-state index is 13.6. The summed E-state index contributed by atoms with van der Waals surface area (Å²) in [6.45, 7) is 3.78. The number of amides is 1. The van der Waals surface area contributed by atoms with Crippen molar-refractivity contribution in [2.75, 3.05) is 56.2 Å². The second-order valence-electron chi connectivity index (χ2n) is 11.2. The Hall–Kier alpha value is -5.73. The zero-order valence-corrected chi connectivity index (χ0v) is 26.4. The molecular weight excluding hydrogens is 634 g/mol. The second-order valence-corrected chi connectivity index (χ2v) is 11.2. The Bertz CT molecular complexity index is 2030. The summed E-state index contributed by atoms with van der Waals surface area (Å²) in [6.07, 6.45) is 7.62. The van der Waals surface area contributed by atoms with Crippen LogP contribution in [0.1, 0.15) is 21.5 Å². The van der Waals surface area contributed by atoms with Crippen LogP contribution in [0.4, 0.5) is 26.1 Å². The van der Waals surface area contributed by atoms with Gasteiger partial charge in [0.1, 0.15) is 23.4 Å². The Kier molecular flexibility index (Phi) is 10.5. The highest BCUT2D eigenvalue weighted by Gasteiger charge is 2.14. The van der Waals surface area contributed by atoms with Crippen molar-refractivity contribution in [1.82, 2.24) is 24.8 Å². The third-order valence-corrected chi connectivity index (χ3v) is 7.72. The number of aromatic nitrogens is 4. The molecule has 4 N–H and O–H groups in total. The molecule has 0 unspecified atom stereocenters. The maximum atomic E-state index is 13.6. The number of halogens is 2. The van der Waals surface area contributed by atoms with Gasteiger partial charge in [0.05, 0.1) is 26.1 Å². The van der Waals surface area contributed by atoms with Gasteiger partial charge in [-0.25, -0.2) is 23.7 Å². The zero-order valence-electron chi connectivity index (χ0n) is 26.4. The monoisotopic (exact) mass is 668 g/mol. The molecule has 0 radical (unpaired) electrons. The summed E-state index contributed by atoms with van der Waals surface area (Å²) in [5, 5.41) is 6.67. The zero-order chi connectivity index (χ0) is 34.2. The van der Waals surface area contributed by atoms with E-state index in [1.165, 1.54) is 12.4 Å². The number of hydrogen-bond acceptors (Lipinski definition) is 10. The summed E-state index contributed by atoms with van der Waals surface area (Å²) in [5.74, 6) is -1.71. The van der Waals surface area contributed by atoms with Gasteiger partial charge in [0.25, 0.3) is 11.5 Å². The molecule has 5 aromatic rings. The lowest BCUT2D eigenvalue weighted by Crippen LogP contribution is -2.36. The quantitative estimate of drug-likeness (QED) is 0.179. The molecule has 0 bridgehead atoms. The molecular formula is C35H34F2N8O4. The standard InChI is InChI=1S/C35H34F2N8O4/c36-29-8-3-24(17-30(29)37)21-45-22-39-20-28(34(45)47)33(46)40-10-1-2-23-16-25-19-41-35(43-32(25)31(18-23)49-13-9-38)42-26-4-6-27(7-5-26)44-11-14-48-15-12-44/h1-8,16-20,22H,9-15,21,38H2,(H,40,46)(H,41,42,43). The minimum atomic E-state index is -1.03. The topological polar surface area (TPSA) is 150 Å².